The second-order valence-electron chi connectivity index (χ2n) is 4.21. The van der Waals surface area contributed by atoms with Gasteiger partial charge in [0, 0.05) is 11.5 Å². The lowest BCUT2D eigenvalue weighted by Gasteiger charge is -2.07. The van der Waals surface area contributed by atoms with Crippen LogP contribution in [0.15, 0.2) is 22.7 Å². The van der Waals surface area contributed by atoms with Crippen LogP contribution in [0.5, 0.6) is 0 Å². The first kappa shape index (κ1) is 16.8. The average Bonchev–Trinajstić information content (AvgIpc) is 2.68. The molecule has 118 valence electrons. The van der Waals surface area contributed by atoms with Gasteiger partial charge < -0.3 is 5.32 Å². The largest absolute Gasteiger partial charge is 0.436 e. The number of aromatic nitrogens is 2. The number of aryl methyl sites for hydroxylation is 1. The third kappa shape index (κ3) is 3.25. The molecule has 1 heterocycles. The van der Waals surface area contributed by atoms with Crippen molar-refractivity contribution in [1.82, 2.24) is 9.78 Å². The lowest BCUT2D eigenvalue weighted by atomic mass is 10.2. The molecule has 0 radical (unpaired) electrons. The summed E-state index contributed by atoms with van der Waals surface area (Å²) < 4.78 is 52.8. The second-order valence-corrected chi connectivity index (χ2v) is 5.50. The highest BCUT2D eigenvalue weighted by Gasteiger charge is 2.39. The van der Waals surface area contributed by atoms with E-state index in [1.807, 2.05) is 0 Å². The molecular weight excluding hydrogens is 394 g/mol. The summed E-state index contributed by atoms with van der Waals surface area (Å²) in [5, 5.41) is 4.49. The molecular formula is C12H7BrClF4N3O. The molecule has 0 unspecified atom stereocenters. The Bertz CT molecular complexity index is 745. The van der Waals surface area contributed by atoms with E-state index in [1.165, 1.54) is 12.1 Å². The van der Waals surface area contributed by atoms with Gasteiger partial charge in [-0.05, 0) is 18.2 Å². The van der Waals surface area contributed by atoms with Crippen molar-refractivity contribution in [3.63, 3.8) is 0 Å². The average molecular weight is 401 g/mol. The number of nitrogens with one attached hydrogen (secondary N) is 1. The molecule has 0 aliphatic heterocycles. The van der Waals surface area contributed by atoms with Gasteiger partial charge in [0.2, 0.25) is 0 Å². The number of nitrogens with zero attached hydrogens (tertiary/aromatic N) is 2. The summed E-state index contributed by atoms with van der Waals surface area (Å²) in [7, 11) is 1.13. The van der Waals surface area contributed by atoms with E-state index in [-0.39, 0.29) is 5.69 Å². The van der Waals surface area contributed by atoms with Gasteiger partial charge in [0.05, 0.1) is 5.69 Å². The van der Waals surface area contributed by atoms with E-state index in [0.29, 0.717) is 9.15 Å². The minimum absolute atomic E-state index is 0.195. The minimum Gasteiger partial charge on any atom is -0.318 e. The molecule has 1 aromatic heterocycles. The highest BCUT2D eigenvalue weighted by atomic mass is 79.9. The fourth-order valence-electron chi connectivity index (χ4n) is 1.70. The predicted octanol–water partition coefficient (Wildman–Crippen LogP) is 4.25. The van der Waals surface area contributed by atoms with E-state index in [2.05, 4.69) is 26.3 Å². The van der Waals surface area contributed by atoms with Crippen LogP contribution in [0.4, 0.5) is 23.2 Å². The Morgan fingerprint density at radius 3 is 2.55 bits per heavy atom. The second kappa shape index (κ2) is 5.88. The number of anilines is 1. The number of hydrogen-bond acceptors (Lipinski definition) is 2. The van der Waals surface area contributed by atoms with Crippen molar-refractivity contribution in [3.8, 4) is 0 Å². The molecule has 0 spiro atoms. The maximum Gasteiger partial charge on any atom is 0.436 e. The van der Waals surface area contributed by atoms with Gasteiger partial charge in [0.1, 0.15) is 16.5 Å². The zero-order chi connectivity index (χ0) is 16.7. The molecule has 2 aromatic rings. The van der Waals surface area contributed by atoms with Crippen LogP contribution in [0.3, 0.4) is 0 Å². The number of benzene rings is 1. The van der Waals surface area contributed by atoms with E-state index < -0.39 is 34.3 Å². The maximum atomic E-state index is 13.6. The first-order valence-electron chi connectivity index (χ1n) is 5.67. The van der Waals surface area contributed by atoms with Gasteiger partial charge in [-0.15, -0.1) is 0 Å². The first-order valence-corrected chi connectivity index (χ1v) is 6.84. The summed E-state index contributed by atoms with van der Waals surface area (Å²) in [6.45, 7) is 0. The molecule has 0 atom stereocenters. The number of rotatable bonds is 2. The van der Waals surface area contributed by atoms with E-state index in [4.69, 9.17) is 11.6 Å². The van der Waals surface area contributed by atoms with E-state index >= 15 is 0 Å². The Morgan fingerprint density at radius 1 is 1.41 bits per heavy atom. The summed E-state index contributed by atoms with van der Waals surface area (Å²) in [5.41, 5.74) is -2.09. The fourth-order valence-corrected chi connectivity index (χ4v) is 2.38. The normalized spacial score (nSPS) is 11.6. The number of carbonyl (C=O) groups excluding carboxylic acids is 1. The Morgan fingerprint density at radius 2 is 2.05 bits per heavy atom. The van der Waals surface area contributed by atoms with Crippen molar-refractivity contribution < 1.29 is 22.4 Å². The molecule has 0 saturated heterocycles. The van der Waals surface area contributed by atoms with Gasteiger partial charge >= 0.3 is 6.18 Å². The summed E-state index contributed by atoms with van der Waals surface area (Å²) in [4.78, 5) is 12.0. The van der Waals surface area contributed by atoms with Gasteiger partial charge in [-0.25, -0.2) is 4.39 Å². The van der Waals surface area contributed by atoms with Crippen LogP contribution >= 0.6 is 27.5 Å². The Balaban J connectivity index is 2.36. The standard InChI is InChI=1S/C12H7BrClF4N3O/c1-21-9(8(14)10(20-21)12(16,17)18)11(22)19-7-3-2-5(13)4-6(7)15/h2-4H,1H3,(H,19,22). The zero-order valence-electron chi connectivity index (χ0n) is 10.8. The molecule has 1 aromatic carbocycles. The molecule has 2 rings (SSSR count). The van der Waals surface area contributed by atoms with Crippen molar-refractivity contribution in [1.29, 1.82) is 0 Å². The fraction of sp³-hybridized carbons (Fsp3) is 0.167. The SMILES string of the molecule is Cn1nc(C(F)(F)F)c(Cl)c1C(=O)Nc1ccc(Br)cc1F. The van der Waals surface area contributed by atoms with Crippen LogP contribution in [0.2, 0.25) is 5.02 Å². The van der Waals surface area contributed by atoms with Crippen LogP contribution in [0.25, 0.3) is 0 Å². The summed E-state index contributed by atoms with van der Waals surface area (Å²) in [5.74, 6) is -1.76. The van der Waals surface area contributed by atoms with E-state index in [1.54, 1.807) is 0 Å². The van der Waals surface area contributed by atoms with Crippen molar-refractivity contribution in [2.45, 2.75) is 6.18 Å². The third-order valence-electron chi connectivity index (χ3n) is 2.65. The topological polar surface area (TPSA) is 46.9 Å². The van der Waals surface area contributed by atoms with E-state index in [9.17, 15) is 22.4 Å². The lowest BCUT2D eigenvalue weighted by molar-refractivity contribution is -0.141. The van der Waals surface area contributed by atoms with Gasteiger partial charge in [-0.2, -0.15) is 18.3 Å². The van der Waals surface area contributed by atoms with Gasteiger partial charge in [-0.1, -0.05) is 27.5 Å². The van der Waals surface area contributed by atoms with Crippen LogP contribution < -0.4 is 5.32 Å². The van der Waals surface area contributed by atoms with Crippen molar-refractivity contribution in [3.05, 3.63) is 44.9 Å². The van der Waals surface area contributed by atoms with Crippen molar-refractivity contribution in [2.24, 2.45) is 7.05 Å². The van der Waals surface area contributed by atoms with Crippen LogP contribution in [0.1, 0.15) is 16.2 Å². The van der Waals surface area contributed by atoms with Crippen LogP contribution in [-0.4, -0.2) is 15.7 Å². The number of amides is 1. The van der Waals surface area contributed by atoms with Crippen molar-refractivity contribution in [2.75, 3.05) is 5.32 Å². The predicted molar refractivity (Wildman–Crippen MR) is 75.3 cm³/mol. The Labute approximate surface area is 135 Å². The smallest absolute Gasteiger partial charge is 0.318 e. The molecule has 10 heteroatoms. The number of halogens is 6. The molecule has 1 N–H and O–H groups in total. The first-order chi connectivity index (χ1) is 10.1. The molecule has 0 aliphatic rings. The quantitative estimate of drug-likeness (QED) is 0.766. The third-order valence-corrected chi connectivity index (χ3v) is 3.50. The molecule has 4 nitrogen and oxygen atoms in total. The molecule has 0 fully saturated rings. The summed E-state index contributed by atoms with van der Waals surface area (Å²) in [6, 6.07) is 3.82. The van der Waals surface area contributed by atoms with Gasteiger partial charge in [0.15, 0.2) is 5.69 Å². The zero-order valence-corrected chi connectivity index (χ0v) is 13.1. The lowest BCUT2D eigenvalue weighted by Crippen LogP contribution is -2.17. The van der Waals surface area contributed by atoms with Gasteiger partial charge in [0.25, 0.3) is 5.91 Å². The number of alkyl halides is 3. The Kier molecular flexibility index (Phi) is 4.48. The highest BCUT2D eigenvalue weighted by molar-refractivity contribution is 9.10. The molecule has 0 saturated carbocycles. The summed E-state index contributed by atoms with van der Waals surface area (Å²) >= 11 is 8.62. The van der Waals surface area contributed by atoms with Crippen molar-refractivity contribution >= 4 is 39.1 Å². The van der Waals surface area contributed by atoms with Gasteiger partial charge in [-0.3, -0.25) is 9.48 Å². The number of hydrogen-bond donors (Lipinski definition) is 1. The maximum absolute atomic E-state index is 13.6. The van der Waals surface area contributed by atoms with Crippen LogP contribution in [0, 0.1) is 5.82 Å². The summed E-state index contributed by atoms with van der Waals surface area (Å²) in [6.07, 6.45) is -4.80. The highest BCUT2D eigenvalue weighted by Crippen LogP contribution is 2.35. The van der Waals surface area contributed by atoms with E-state index in [0.717, 1.165) is 13.1 Å². The van der Waals surface area contributed by atoms with Crippen LogP contribution in [-0.2, 0) is 13.2 Å². The Hall–Kier alpha value is -1.61. The molecule has 22 heavy (non-hydrogen) atoms. The molecule has 0 aliphatic carbocycles. The molecule has 1 amide bonds. The minimum atomic E-state index is -4.80. The molecule has 0 bridgehead atoms. The number of carbonyl (C=O) groups is 1. The monoisotopic (exact) mass is 399 g/mol.